The average molecular weight is 357 g/mol. The third-order valence-electron chi connectivity index (χ3n) is 4.11. The van der Waals surface area contributed by atoms with Crippen LogP contribution in [0, 0.1) is 6.92 Å². The molecule has 0 radical (unpaired) electrons. The Morgan fingerprint density at radius 3 is 2.64 bits per heavy atom. The molecule has 3 N–H and O–H groups in total. The van der Waals surface area contributed by atoms with Crippen LogP contribution in [0.3, 0.4) is 0 Å². The molecule has 7 heteroatoms. The number of rotatable bonds is 4. The van der Waals surface area contributed by atoms with E-state index in [1.807, 2.05) is 42.1 Å². The first-order valence-electron chi connectivity index (χ1n) is 7.72. The lowest BCUT2D eigenvalue weighted by Gasteiger charge is -2.09. The van der Waals surface area contributed by atoms with E-state index >= 15 is 0 Å². The normalized spacial score (nSPS) is 11.6. The number of fused-ring (bicyclic) bond motifs is 1. The van der Waals surface area contributed by atoms with Gasteiger partial charge in [-0.15, -0.1) is 0 Å². The van der Waals surface area contributed by atoms with Crippen LogP contribution in [0.5, 0.6) is 0 Å². The molecular formula is C18H19N3O3S. The van der Waals surface area contributed by atoms with Gasteiger partial charge in [-0.2, -0.15) is 0 Å². The number of hydrogen-bond acceptors (Lipinski definition) is 3. The molecule has 3 aromatic rings. The Morgan fingerprint density at radius 2 is 1.92 bits per heavy atom. The lowest BCUT2D eigenvalue weighted by molar-refractivity contribution is -0.115. The molecule has 2 aromatic carbocycles. The quantitative estimate of drug-likeness (QED) is 0.750. The second-order valence-corrected chi connectivity index (χ2v) is 7.56. The lowest BCUT2D eigenvalue weighted by atomic mass is 10.1. The van der Waals surface area contributed by atoms with Crippen molar-refractivity contribution in [3.8, 4) is 0 Å². The average Bonchev–Trinajstić information content (AvgIpc) is 2.85. The minimum atomic E-state index is -3.83. The van der Waals surface area contributed by atoms with Crippen molar-refractivity contribution in [1.82, 2.24) is 4.57 Å². The maximum atomic E-state index is 12.4. The Morgan fingerprint density at radius 1 is 1.20 bits per heavy atom. The molecule has 1 heterocycles. The fourth-order valence-corrected chi connectivity index (χ4v) is 3.74. The molecule has 130 valence electrons. The number of carbonyl (C=O) groups is 1. The van der Waals surface area contributed by atoms with Crippen molar-refractivity contribution in [3.63, 3.8) is 0 Å². The van der Waals surface area contributed by atoms with Crippen LogP contribution in [0.4, 0.5) is 5.69 Å². The van der Waals surface area contributed by atoms with E-state index in [-0.39, 0.29) is 17.2 Å². The van der Waals surface area contributed by atoms with Gasteiger partial charge in [-0.05, 0) is 36.2 Å². The van der Waals surface area contributed by atoms with Gasteiger partial charge in [0.25, 0.3) is 0 Å². The van der Waals surface area contributed by atoms with Gasteiger partial charge in [-0.1, -0.05) is 24.3 Å². The van der Waals surface area contributed by atoms with Crippen LogP contribution < -0.4 is 10.5 Å². The zero-order chi connectivity index (χ0) is 18.2. The number of sulfonamides is 1. The summed E-state index contributed by atoms with van der Waals surface area (Å²) in [7, 11) is -1.90. The maximum absolute atomic E-state index is 12.4. The van der Waals surface area contributed by atoms with Crippen molar-refractivity contribution in [2.75, 3.05) is 5.32 Å². The number of hydrogen-bond donors (Lipinski definition) is 2. The van der Waals surface area contributed by atoms with Crippen molar-refractivity contribution in [2.24, 2.45) is 12.2 Å². The summed E-state index contributed by atoms with van der Waals surface area (Å²) in [5, 5.41) is 8.96. The predicted molar refractivity (Wildman–Crippen MR) is 97.8 cm³/mol. The van der Waals surface area contributed by atoms with Crippen molar-refractivity contribution < 1.29 is 13.2 Å². The highest BCUT2D eigenvalue weighted by molar-refractivity contribution is 7.89. The Hall–Kier alpha value is -2.64. The fourth-order valence-electron chi connectivity index (χ4n) is 2.93. The molecule has 1 amide bonds. The van der Waals surface area contributed by atoms with Crippen LogP contribution in [-0.2, 0) is 28.3 Å². The summed E-state index contributed by atoms with van der Waals surface area (Å²) in [6.07, 6.45) is 2.12. The number of carbonyl (C=O) groups excluding carboxylic acids is 1. The molecule has 0 saturated carbocycles. The molecule has 0 aliphatic rings. The number of nitrogens with one attached hydrogen (secondary N) is 1. The minimum Gasteiger partial charge on any atom is -0.350 e. The van der Waals surface area contributed by atoms with Gasteiger partial charge in [0, 0.05) is 29.8 Å². The van der Waals surface area contributed by atoms with Gasteiger partial charge in [0.2, 0.25) is 15.9 Å². The molecule has 3 rings (SSSR count). The molecule has 0 aliphatic heterocycles. The van der Waals surface area contributed by atoms with Crippen LogP contribution in [0.1, 0.15) is 11.1 Å². The van der Waals surface area contributed by atoms with Crippen molar-refractivity contribution in [2.45, 2.75) is 18.2 Å². The van der Waals surface area contributed by atoms with Crippen LogP contribution in [-0.4, -0.2) is 18.9 Å². The molecule has 0 spiro atoms. The number of para-hydroxylation sites is 1. The number of primary sulfonamides is 1. The van der Waals surface area contributed by atoms with Gasteiger partial charge in [0.05, 0.1) is 11.3 Å². The Bertz CT molecular complexity index is 1070. The minimum absolute atomic E-state index is 0.00969. The summed E-state index contributed by atoms with van der Waals surface area (Å²) in [5.41, 5.74) is 2.90. The van der Waals surface area contributed by atoms with E-state index in [1.165, 1.54) is 6.07 Å². The topological polar surface area (TPSA) is 94.2 Å². The molecule has 0 atom stereocenters. The third-order valence-corrected chi connectivity index (χ3v) is 5.16. The lowest BCUT2D eigenvalue weighted by Crippen LogP contribution is -2.17. The van der Waals surface area contributed by atoms with E-state index < -0.39 is 10.0 Å². The highest BCUT2D eigenvalue weighted by Gasteiger charge is 2.14. The highest BCUT2D eigenvalue weighted by atomic mass is 32.2. The fraction of sp³-hybridized carbons (Fsp3) is 0.167. The molecule has 0 bridgehead atoms. The molecule has 0 fully saturated rings. The van der Waals surface area contributed by atoms with Gasteiger partial charge < -0.3 is 9.88 Å². The van der Waals surface area contributed by atoms with Gasteiger partial charge in [-0.3, -0.25) is 4.79 Å². The second kappa shape index (κ2) is 6.34. The number of nitrogens with zero attached hydrogens (tertiary/aromatic N) is 1. The number of amides is 1. The van der Waals surface area contributed by atoms with E-state index in [0.717, 1.165) is 16.5 Å². The number of anilines is 1. The monoisotopic (exact) mass is 357 g/mol. The van der Waals surface area contributed by atoms with E-state index in [4.69, 9.17) is 5.14 Å². The van der Waals surface area contributed by atoms with Gasteiger partial charge in [0.1, 0.15) is 0 Å². The summed E-state index contributed by atoms with van der Waals surface area (Å²) < 4.78 is 25.2. The Kier molecular flexibility index (Phi) is 4.36. The first kappa shape index (κ1) is 17.2. The largest absolute Gasteiger partial charge is 0.350 e. The maximum Gasteiger partial charge on any atom is 0.238 e. The summed E-state index contributed by atoms with van der Waals surface area (Å²) >= 11 is 0. The Labute approximate surface area is 146 Å². The molecule has 0 aliphatic carbocycles. The van der Waals surface area contributed by atoms with Crippen LogP contribution in [0.2, 0.25) is 0 Å². The number of benzene rings is 2. The third kappa shape index (κ3) is 3.57. The summed E-state index contributed by atoms with van der Waals surface area (Å²) in [6.45, 7) is 1.65. The smallest absolute Gasteiger partial charge is 0.238 e. The molecule has 0 saturated heterocycles. The standard InChI is InChI=1S/C18H19N3O3S/c1-12-7-8-14(10-17(12)25(19,23)24)20-18(22)9-13-11-21(2)16-6-4-3-5-15(13)16/h3-8,10-11H,9H2,1-2H3,(H,20,22)(H2,19,23,24). The van der Waals surface area contributed by atoms with Crippen LogP contribution in [0.15, 0.2) is 53.6 Å². The summed E-state index contributed by atoms with van der Waals surface area (Å²) in [6, 6.07) is 12.5. The van der Waals surface area contributed by atoms with Gasteiger partial charge >= 0.3 is 0 Å². The van der Waals surface area contributed by atoms with E-state index in [9.17, 15) is 13.2 Å². The van der Waals surface area contributed by atoms with Crippen LogP contribution >= 0.6 is 0 Å². The number of aryl methyl sites for hydroxylation is 2. The van der Waals surface area contributed by atoms with Crippen LogP contribution in [0.25, 0.3) is 10.9 Å². The van der Waals surface area contributed by atoms with E-state index in [1.54, 1.807) is 19.1 Å². The first-order chi connectivity index (χ1) is 11.8. The highest BCUT2D eigenvalue weighted by Crippen LogP contribution is 2.22. The van der Waals surface area contributed by atoms with Crippen molar-refractivity contribution >= 4 is 32.5 Å². The number of nitrogens with two attached hydrogens (primary N) is 1. The van der Waals surface area contributed by atoms with E-state index in [0.29, 0.717) is 11.3 Å². The van der Waals surface area contributed by atoms with Crippen molar-refractivity contribution in [3.05, 3.63) is 59.8 Å². The summed E-state index contributed by atoms with van der Waals surface area (Å²) in [5.74, 6) is -0.222. The van der Waals surface area contributed by atoms with E-state index in [2.05, 4.69) is 5.32 Å². The van der Waals surface area contributed by atoms with Gasteiger partial charge in [-0.25, -0.2) is 13.6 Å². The van der Waals surface area contributed by atoms with Crippen molar-refractivity contribution in [1.29, 1.82) is 0 Å². The Balaban J connectivity index is 1.83. The predicted octanol–water partition coefficient (Wildman–Crippen LogP) is 2.32. The molecule has 6 nitrogen and oxygen atoms in total. The second-order valence-electron chi connectivity index (χ2n) is 6.03. The zero-order valence-corrected chi connectivity index (χ0v) is 14.8. The van der Waals surface area contributed by atoms with Gasteiger partial charge in [0.15, 0.2) is 0 Å². The number of aromatic nitrogens is 1. The molecule has 0 unspecified atom stereocenters. The zero-order valence-electron chi connectivity index (χ0n) is 14.0. The molecule has 25 heavy (non-hydrogen) atoms. The molecule has 1 aromatic heterocycles. The molecular weight excluding hydrogens is 338 g/mol. The summed E-state index contributed by atoms with van der Waals surface area (Å²) in [4.78, 5) is 12.4. The first-order valence-corrected chi connectivity index (χ1v) is 9.26. The SMILES string of the molecule is Cc1ccc(NC(=O)Cc2cn(C)c3ccccc23)cc1S(N)(=O)=O.